The van der Waals surface area contributed by atoms with E-state index >= 15 is 0 Å². The molecule has 2 N–H and O–H groups in total. The lowest BCUT2D eigenvalue weighted by Crippen LogP contribution is -2.66. The maximum atomic E-state index is 13.6. The average Bonchev–Trinajstić information content (AvgIpc) is 3.16. The summed E-state index contributed by atoms with van der Waals surface area (Å²) in [7, 11) is 6.72. The van der Waals surface area contributed by atoms with Crippen molar-refractivity contribution in [3.8, 4) is 0 Å². The van der Waals surface area contributed by atoms with E-state index in [1.807, 2.05) is 25.8 Å². The van der Waals surface area contributed by atoms with Gasteiger partial charge >= 0.3 is 23.9 Å². The summed E-state index contributed by atoms with van der Waals surface area (Å²) in [6.07, 6.45) is -10.6. The SMILES string of the molecule is CCC(=O)O[C@@H]1CC(=O)N[C@H](C)CN(C)C[C@H](OC(C)=O)[C@H](C)C[C@H](CC=O)[C@H](O[C@@H]2OC(C)[C@@H](O[C@H]3CC(C)(OC(C)=O)[C@@H](OC(=O)CC)C(C)O3)C(N(C)C)C2O)[C@H]1OC. The Morgan fingerprint density at radius 1 is 0.903 bits per heavy atom. The van der Waals surface area contributed by atoms with Crippen LogP contribution < -0.4 is 5.32 Å². The first-order valence-electron chi connectivity index (χ1n) is 21.7. The lowest BCUT2D eigenvalue weighted by molar-refractivity contribution is -0.344. The van der Waals surface area contributed by atoms with Crippen LogP contribution >= 0.6 is 0 Å². The van der Waals surface area contributed by atoms with E-state index in [2.05, 4.69) is 5.32 Å². The molecule has 5 unspecified atom stereocenters. The molecule has 0 spiro atoms. The molecule has 3 aliphatic rings. The van der Waals surface area contributed by atoms with Crippen LogP contribution in [0.1, 0.15) is 101 Å². The third-order valence-electron chi connectivity index (χ3n) is 11.8. The highest BCUT2D eigenvalue weighted by atomic mass is 16.7. The van der Waals surface area contributed by atoms with Crippen LogP contribution in [0.15, 0.2) is 0 Å². The average molecular weight is 888 g/mol. The maximum Gasteiger partial charge on any atom is 0.306 e. The monoisotopic (exact) mass is 887 g/mol. The van der Waals surface area contributed by atoms with Gasteiger partial charge in [-0.05, 0) is 67.1 Å². The number of esters is 4. The molecule has 3 heterocycles. The van der Waals surface area contributed by atoms with Crippen LogP contribution in [0.4, 0.5) is 0 Å². The van der Waals surface area contributed by atoms with E-state index in [9.17, 15) is 33.9 Å². The van der Waals surface area contributed by atoms with Crippen molar-refractivity contribution in [3.05, 3.63) is 0 Å². The van der Waals surface area contributed by atoms with Gasteiger partial charge in [-0.2, -0.15) is 0 Å². The fraction of sp³-hybridized carbons (Fsp3) is 0.860. The third-order valence-corrected chi connectivity index (χ3v) is 11.8. The number of aliphatic hydroxyl groups is 1. The van der Waals surface area contributed by atoms with E-state index in [-0.39, 0.29) is 50.5 Å². The van der Waals surface area contributed by atoms with Crippen molar-refractivity contribution >= 4 is 36.1 Å². The Morgan fingerprint density at radius 2 is 1.55 bits per heavy atom. The summed E-state index contributed by atoms with van der Waals surface area (Å²) in [5, 5.41) is 15.2. The van der Waals surface area contributed by atoms with Gasteiger partial charge in [0.2, 0.25) is 5.91 Å². The first-order valence-corrected chi connectivity index (χ1v) is 21.7. The van der Waals surface area contributed by atoms with Crippen molar-refractivity contribution in [3.63, 3.8) is 0 Å². The smallest absolute Gasteiger partial charge is 0.306 e. The van der Waals surface area contributed by atoms with Crippen LogP contribution in [0, 0.1) is 11.8 Å². The molecule has 0 saturated carbocycles. The fourth-order valence-electron chi connectivity index (χ4n) is 9.00. The molecule has 1 amide bonds. The third kappa shape index (κ3) is 14.6. The molecule has 0 aromatic rings. The minimum Gasteiger partial charge on any atom is -0.461 e. The number of ether oxygens (including phenoxy) is 9. The largest absolute Gasteiger partial charge is 0.461 e. The number of carbonyl (C=O) groups is 6. The fourth-order valence-corrected chi connectivity index (χ4v) is 9.00. The Bertz CT molecular complexity index is 1500. The number of aldehydes is 1. The Balaban J connectivity index is 2.07. The second kappa shape index (κ2) is 24.1. The van der Waals surface area contributed by atoms with Gasteiger partial charge in [0.25, 0.3) is 0 Å². The van der Waals surface area contributed by atoms with E-state index in [1.165, 1.54) is 21.0 Å². The summed E-state index contributed by atoms with van der Waals surface area (Å²) >= 11 is 0. The van der Waals surface area contributed by atoms with Gasteiger partial charge in [0.1, 0.15) is 36.8 Å². The van der Waals surface area contributed by atoms with Crippen molar-refractivity contribution in [2.45, 2.75) is 186 Å². The number of amides is 1. The number of nitrogens with one attached hydrogen (secondary N) is 1. The number of aliphatic hydroxyl groups excluding tert-OH is 1. The Kier molecular flexibility index (Phi) is 20.6. The number of hydrogen-bond acceptors (Lipinski definition) is 18. The summed E-state index contributed by atoms with van der Waals surface area (Å²) in [5.41, 5.74) is -1.32. The van der Waals surface area contributed by atoms with E-state index in [0.717, 1.165) is 6.29 Å². The minimum atomic E-state index is -1.42. The molecule has 16 atom stereocenters. The zero-order chi connectivity index (χ0) is 46.6. The topological polar surface area (TPSA) is 224 Å². The number of rotatable bonds is 14. The lowest BCUT2D eigenvalue weighted by atomic mass is 9.82. The quantitative estimate of drug-likeness (QED) is 0.144. The van der Waals surface area contributed by atoms with Gasteiger partial charge in [-0.3, -0.25) is 24.0 Å². The van der Waals surface area contributed by atoms with Crippen LogP contribution in [-0.4, -0.2) is 178 Å². The summed E-state index contributed by atoms with van der Waals surface area (Å²) in [6, 6.07) is -1.16. The first-order chi connectivity index (χ1) is 29.1. The van der Waals surface area contributed by atoms with E-state index in [4.69, 9.17) is 42.6 Å². The Hall–Kier alpha value is -3.30. The summed E-state index contributed by atoms with van der Waals surface area (Å²) < 4.78 is 55.2. The molecule has 3 saturated heterocycles. The van der Waals surface area contributed by atoms with Gasteiger partial charge in [0.15, 0.2) is 24.3 Å². The van der Waals surface area contributed by atoms with Crippen LogP contribution in [-0.2, 0) is 71.4 Å². The molecule has 3 fully saturated rings. The standard InChI is InChI=1S/C43H73N3O16/c1-14-33(51)58-30-19-32(50)44-24(4)21-46(12)22-31(57-27(7)48)23(3)18-29(16-17-47)39(40(30)54-13)61-42-37(53)36(45(10)11)38(25(5)56-42)60-35-20-43(9,62-28(8)49)41(26(6)55-35)59-34(52)15-2/h17,23-26,29-31,35-42,53H,14-16,18-22H2,1-13H3,(H,44,50)/t23-,24-,25?,26?,29+,30-,31+,35+,36?,37?,38-,39+,40+,41+,42+,43?/m1/s1. The molecule has 0 bridgehead atoms. The van der Waals surface area contributed by atoms with Crippen molar-refractivity contribution in [2.75, 3.05) is 41.3 Å². The van der Waals surface area contributed by atoms with Crippen molar-refractivity contribution in [1.82, 2.24) is 15.1 Å². The van der Waals surface area contributed by atoms with Crippen LogP contribution in [0.25, 0.3) is 0 Å². The van der Waals surface area contributed by atoms with Gasteiger partial charge in [-0.1, -0.05) is 20.8 Å². The predicted molar refractivity (Wildman–Crippen MR) is 221 cm³/mol. The highest BCUT2D eigenvalue weighted by Gasteiger charge is 2.54. The first kappa shape index (κ1) is 53.0. The Labute approximate surface area is 366 Å². The van der Waals surface area contributed by atoms with Crippen molar-refractivity contribution in [2.24, 2.45) is 11.8 Å². The molecular weight excluding hydrogens is 814 g/mol. The lowest BCUT2D eigenvalue weighted by Gasteiger charge is -2.50. The second-order valence-electron chi connectivity index (χ2n) is 17.5. The van der Waals surface area contributed by atoms with Gasteiger partial charge in [0.05, 0.1) is 30.8 Å². The number of hydrogen-bond donors (Lipinski definition) is 2. The van der Waals surface area contributed by atoms with Gasteiger partial charge < -0.3 is 67.6 Å². The molecule has 19 nitrogen and oxygen atoms in total. The zero-order valence-electron chi connectivity index (χ0n) is 38.9. The normalized spacial score (nSPS) is 37.9. The molecule has 0 aromatic carbocycles. The number of methoxy groups -OCH3 is 1. The number of carbonyl (C=O) groups excluding carboxylic acids is 6. The molecule has 3 aliphatic heterocycles. The molecule has 0 aliphatic carbocycles. The number of likely N-dealkylation sites (N-methyl/N-ethyl adjacent to an activating group) is 2. The molecule has 0 aromatic heterocycles. The van der Waals surface area contributed by atoms with Gasteiger partial charge in [0, 0.05) is 65.8 Å². The predicted octanol–water partition coefficient (Wildman–Crippen LogP) is 1.91. The van der Waals surface area contributed by atoms with E-state index < -0.39 is 115 Å². The summed E-state index contributed by atoms with van der Waals surface area (Å²) in [4.78, 5) is 79.8. The minimum absolute atomic E-state index is 0.00205. The van der Waals surface area contributed by atoms with E-state index in [0.29, 0.717) is 13.1 Å². The Morgan fingerprint density at radius 3 is 2.11 bits per heavy atom. The molecular formula is C43H73N3O16. The molecule has 0 radical (unpaired) electrons. The maximum absolute atomic E-state index is 13.6. The second-order valence-corrected chi connectivity index (χ2v) is 17.5. The molecule has 19 heteroatoms. The summed E-state index contributed by atoms with van der Waals surface area (Å²) in [6.45, 7) is 15.4. The van der Waals surface area contributed by atoms with Crippen molar-refractivity contribution in [1.29, 1.82) is 0 Å². The molecule has 62 heavy (non-hydrogen) atoms. The highest BCUT2D eigenvalue weighted by Crippen LogP contribution is 2.39. The summed E-state index contributed by atoms with van der Waals surface area (Å²) in [5.74, 6) is -3.63. The van der Waals surface area contributed by atoms with Gasteiger partial charge in [-0.25, -0.2) is 0 Å². The number of nitrogens with zero attached hydrogens (tertiary/aromatic N) is 2. The van der Waals surface area contributed by atoms with Crippen LogP contribution in [0.5, 0.6) is 0 Å². The van der Waals surface area contributed by atoms with Gasteiger partial charge in [-0.15, -0.1) is 0 Å². The van der Waals surface area contributed by atoms with Crippen LogP contribution in [0.2, 0.25) is 0 Å². The molecule has 356 valence electrons. The highest BCUT2D eigenvalue weighted by molar-refractivity contribution is 5.77. The van der Waals surface area contributed by atoms with E-state index in [1.54, 1.807) is 53.6 Å². The van der Waals surface area contributed by atoms with Crippen molar-refractivity contribution < 1.29 is 76.5 Å². The zero-order valence-corrected chi connectivity index (χ0v) is 38.9. The molecule has 3 rings (SSSR count). The van der Waals surface area contributed by atoms with Crippen LogP contribution in [0.3, 0.4) is 0 Å².